The number of carbonyl (C=O) groups is 1. The SMILES string of the molecule is COc1cn(-c2ccccc2)nc1C(=O)NC(C)c1cnn(-c2ccc(F)cc2)c1C. The lowest BCUT2D eigenvalue weighted by Gasteiger charge is -2.14. The molecule has 0 bridgehead atoms. The average molecular weight is 419 g/mol. The highest BCUT2D eigenvalue weighted by Gasteiger charge is 2.22. The molecule has 31 heavy (non-hydrogen) atoms. The van der Waals surface area contributed by atoms with Crippen LogP contribution < -0.4 is 10.1 Å². The van der Waals surface area contributed by atoms with Crippen LogP contribution in [0.15, 0.2) is 67.0 Å². The Morgan fingerprint density at radius 1 is 1.10 bits per heavy atom. The summed E-state index contributed by atoms with van der Waals surface area (Å²) in [7, 11) is 1.50. The summed E-state index contributed by atoms with van der Waals surface area (Å²) < 4.78 is 21.9. The molecule has 158 valence electrons. The Hall–Kier alpha value is -3.94. The fourth-order valence-electron chi connectivity index (χ4n) is 3.41. The molecule has 0 saturated heterocycles. The van der Waals surface area contributed by atoms with Gasteiger partial charge in [0.1, 0.15) is 5.82 Å². The third kappa shape index (κ3) is 4.05. The normalized spacial score (nSPS) is 11.9. The molecule has 1 N–H and O–H groups in total. The van der Waals surface area contributed by atoms with Crippen LogP contribution in [-0.4, -0.2) is 32.6 Å². The van der Waals surface area contributed by atoms with Gasteiger partial charge in [-0.1, -0.05) is 18.2 Å². The number of amides is 1. The minimum atomic E-state index is -0.354. The Labute approximate surface area is 179 Å². The molecule has 4 rings (SSSR count). The van der Waals surface area contributed by atoms with Gasteiger partial charge in [0, 0.05) is 11.3 Å². The first-order chi connectivity index (χ1) is 15.0. The Morgan fingerprint density at radius 2 is 1.81 bits per heavy atom. The van der Waals surface area contributed by atoms with Gasteiger partial charge in [-0.2, -0.15) is 10.2 Å². The maximum Gasteiger partial charge on any atom is 0.276 e. The van der Waals surface area contributed by atoms with Gasteiger partial charge in [0.2, 0.25) is 0 Å². The molecular formula is C23H22FN5O2. The van der Waals surface area contributed by atoms with Crippen molar-refractivity contribution in [2.45, 2.75) is 19.9 Å². The van der Waals surface area contributed by atoms with Crippen LogP contribution in [0.3, 0.4) is 0 Å². The molecule has 0 aliphatic carbocycles. The largest absolute Gasteiger partial charge is 0.493 e. The number of carbonyl (C=O) groups excluding carboxylic acids is 1. The van der Waals surface area contributed by atoms with Crippen molar-refractivity contribution in [2.75, 3.05) is 7.11 Å². The minimum absolute atomic E-state index is 0.196. The van der Waals surface area contributed by atoms with E-state index in [0.717, 1.165) is 22.6 Å². The number of ether oxygens (including phenoxy) is 1. The van der Waals surface area contributed by atoms with Crippen molar-refractivity contribution in [3.05, 3.63) is 89.8 Å². The molecule has 0 radical (unpaired) electrons. The number of para-hydroxylation sites is 1. The van der Waals surface area contributed by atoms with Crippen LogP contribution in [0.1, 0.15) is 34.7 Å². The van der Waals surface area contributed by atoms with Gasteiger partial charge in [-0.25, -0.2) is 13.8 Å². The zero-order valence-electron chi connectivity index (χ0n) is 17.4. The number of hydrogen-bond donors (Lipinski definition) is 1. The summed E-state index contributed by atoms with van der Waals surface area (Å²) >= 11 is 0. The van der Waals surface area contributed by atoms with Gasteiger partial charge in [-0.3, -0.25) is 4.79 Å². The minimum Gasteiger partial charge on any atom is -0.493 e. The Morgan fingerprint density at radius 3 is 2.48 bits per heavy atom. The Balaban J connectivity index is 1.55. The van der Waals surface area contributed by atoms with E-state index >= 15 is 0 Å². The molecule has 0 spiro atoms. The molecular weight excluding hydrogens is 397 g/mol. The van der Waals surface area contributed by atoms with E-state index in [0.29, 0.717) is 5.75 Å². The topological polar surface area (TPSA) is 74.0 Å². The fourth-order valence-corrected chi connectivity index (χ4v) is 3.41. The maximum atomic E-state index is 13.2. The third-order valence-electron chi connectivity index (χ3n) is 5.07. The van der Waals surface area contributed by atoms with E-state index < -0.39 is 0 Å². The van der Waals surface area contributed by atoms with Crippen LogP contribution in [0.5, 0.6) is 5.75 Å². The predicted octanol–water partition coefficient (Wildman–Crippen LogP) is 4.01. The zero-order valence-corrected chi connectivity index (χ0v) is 17.4. The molecule has 1 amide bonds. The number of halogens is 1. The number of rotatable bonds is 6. The summed E-state index contributed by atoms with van der Waals surface area (Å²) in [6.45, 7) is 3.77. The molecule has 1 unspecified atom stereocenters. The van der Waals surface area contributed by atoms with Crippen molar-refractivity contribution in [2.24, 2.45) is 0 Å². The van der Waals surface area contributed by atoms with Gasteiger partial charge in [-0.05, 0) is 50.2 Å². The molecule has 8 heteroatoms. The maximum absolute atomic E-state index is 13.2. The summed E-state index contributed by atoms with van der Waals surface area (Å²) in [6, 6.07) is 15.2. The van der Waals surface area contributed by atoms with Crippen molar-refractivity contribution >= 4 is 5.91 Å². The number of methoxy groups -OCH3 is 1. The molecule has 2 aromatic heterocycles. The van der Waals surface area contributed by atoms with Gasteiger partial charge in [0.25, 0.3) is 5.91 Å². The summed E-state index contributed by atoms with van der Waals surface area (Å²) in [5.41, 5.74) is 3.46. The van der Waals surface area contributed by atoms with E-state index in [2.05, 4.69) is 15.5 Å². The molecule has 0 saturated carbocycles. The van der Waals surface area contributed by atoms with Crippen LogP contribution in [-0.2, 0) is 0 Å². The number of aromatic nitrogens is 4. The highest BCUT2D eigenvalue weighted by Crippen LogP contribution is 2.23. The smallest absolute Gasteiger partial charge is 0.276 e. The van der Waals surface area contributed by atoms with E-state index in [4.69, 9.17) is 4.74 Å². The molecule has 4 aromatic rings. The molecule has 0 aliphatic heterocycles. The number of benzene rings is 2. The number of nitrogens with zero attached hydrogens (tertiary/aromatic N) is 4. The molecule has 0 fully saturated rings. The first kappa shape index (κ1) is 20.3. The van der Waals surface area contributed by atoms with Gasteiger partial charge in [-0.15, -0.1) is 0 Å². The van der Waals surface area contributed by atoms with Gasteiger partial charge < -0.3 is 10.1 Å². The van der Waals surface area contributed by atoms with Crippen molar-refractivity contribution in [3.8, 4) is 17.1 Å². The van der Waals surface area contributed by atoms with Crippen molar-refractivity contribution in [3.63, 3.8) is 0 Å². The van der Waals surface area contributed by atoms with Gasteiger partial charge >= 0.3 is 0 Å². The molecule has 0 aliphatic rings. The molecule has 7 nitrogen and oxygen atoms in total. The van der Waals surface area contributed by atoms with Crippen LogP contribution in [0, 0.1) is 12.7 Å². The molecule has 2 aromatic carbocycles. The third-order valence-corrected chi connectivity index (χ3v) is 5.07. The van der Waals surface area contributed by atoms with Gasteiger partial charge in [0.15, 0.2) is 11.4 Å². The lowest BCUT2D eigenvalue weighted by Crippen LogP contribution is -2.27. The quantitative estimate of drug-likeness (QED) is 0.513. The van der Waals surface area contributed by atoms with E-state index in [1.54, 1.807) is 33.9 Å². The van der Waals surface area contributed by atoms with Crippen LogP contribution in [0.25, 0.3) is 11.4 Å². The van der Waals surface area contributed by atoms with Gasteiger partial charge in [0.05, 0.1) is 36.9 Å². The second kappa shape index (κ2) is 8.43. The lowest BCUT2D eigenvalue weighted by molar-refractivity contribution is 0.0931. The van der Waals surface area contributed by atoms with E-state index in [1.165, 1.54) is 19.2 Å². The molecule has 2 heterocycles. The predicted molar refractivity (Wildman–Crippen MR) is 114 cm³/mol. The Kier molecular flexibility index (Phi) is 5.53. The van der Waals surface area contributed by atoms with E-state index in [1.807, 2.05) is 44.2 Å². The summed E-state index contributed by atoms with van der Waals surface area (Å²) in [4.78, 5) is 12.9. The second-order valence-electron chi connectivity index (χ2n) is 7.09. The first-order valence-corrected chi connectivity index (χ1v) is 9.78. The highest BCUT2D eigenvalue weighted by atomic mass is 19.1. The second-order valence-corrected chi connectivity index (χ2v) is 7.09. The average Bonchev–Trinajstić information content (AvgIpc) is 3.39. The van der Waals surface area contributed by atoms with Crippen molar-refractivity contribution in [1.29, 1.82) is 0 Å². The summed E-state index contributed by atoms with van der Waals surface area (Å²) in [5, 5.41) is 11.8. The number of hydrogen-bond acceptors (Lipinski definition) is 4. The first-order valence-electron chi connectivity index (χ1n) is 9.78. The van der Waals surface area contributed by atoms with E-state index in [9.17, 15) is 9.18 Å². The monoisotopic (exact) mass is 419 g/mol. The number of nitrogens with one attached hydrogen (secondary N) is 1. The van der Waals surface area contributed by atoms with Crippen LogP contribution in [0.2, 0.25) is 0 Å². The lowest BCUT2D eigenvalue weighted by atomic mass is 10.1. The highest BCUT2D eigenvalue weighted by molar-refractivity contribution is 5.95. The summed E-state index contributed by atoms with van der Waals surface area (Å²) in [6.07, 6.45) is 3.37. The standard InChI is InChI=1S/C23H22FN5O2/c1-15(20-13-25-29(16(20)2)19-11-9-17(24)10-12-19)26-23(30)22-21(31-3)14-28(27-22)18-7-5-4-6-8-18/h4-15H,1-3H3,(H,26,30). The zero-order chi connectivity index (χ0) is 22.0. The van der Waals surface area contributed by atoms with Crippen molar-refractivity contribution < 1.29 is 13.9 Å². The molecule has 1 atom stereocenters. The fraction of sp³-hybridized carbons (Fsp3) is 0.174. The van der Waals surface area contributed by atoms with Crippen LogP contribution in [0.4, 0.5) is 4.39 Å². The Bertz CT molecular complexity index is 1200. The summed E-state index contributed by atoms with van der Waals surface area (Å²) in [5.74, 6) is -0.279. The van der Waals surface area contributed by atoms with Crippen molar-refractivity contribution in [1.82, 2.24) is 24.9 Å². The van der Waals surface area contributed by atoms with Crippen LogP contribution >= 0.6 is 0 Å². The van der Waals surface area contributed by atoms with E-state index in [-0.39, 0.29) is 23.5 Å².